The third-order valence-corrected chi connectivity index (χ3v) is 6.25. The summed E-state index contributed by atoms with van der Waals surface area (Å²) in [4.78, 5) is 17.2. The molecule has 0 aliphatic heterocycles. The maximum Gasteiger partial charge on any atom is 0.271 e. The molecule has 1 amide bonds. The van der Waals surface area contributed by atoms with Crippen LogP contribution >= 0.6 is 23.7 Å². The molecule has 2 bridgehead atoms. The topological polar surface area (TPSA) is 85.8 Å². The number of carbonyl (C=O) groups is 1. The minimum absolute atomic E-state index is 0. The molecular formula is C17H24ClN5OS. The number of carbonyl (C=O) groups excluding carboxylic acids is 1. The van der Waals surface area contributed by atoms with Gasteiger partial charge in [0.15, 0.2) is 0 Å². The fraction of sp³-hybridized carbons (Fsp3) is 0.588. The number of hydrogen-bond acceptors (Lipinski definition) is 5. The van der Waals surface area contributed by atoms with Crippen LogP contribution in [0.2, 0.25) is 0 Å². The third kappa shape index (κ3) is 3.73. The zero-order chi connectivity index (χ0) is 16.7. The van der Waals surface area contributed by atoms with Gasteiger partial charge in [-0.15, -0.1) is 23.7 Å². The van der Waals surface area contributed by atoms with E-state index in [1.54, 1.807) is 10.9 Å². The van der Waals surface area contributed by atoms with Gasteiger partial charge in [0.2, 0.25) is 0 Å². The second kappa shape index (κ2) is 7.43. The van der Waals surface area contributed by atoms with Gasteiger partial charge < -0.3 is 11.1 Å². The van der Waals surface area contributed by atoms with Crippen LogP contribution in [0.4, 0.5) is 0 Å². The number of fused-ring (bicyclic) bond motifs is 2. The van der Waals surface area contributed by atoms with Gasteiger partial charge >= 0.3 is 0 Å². The summed E-state index contributed by atoms with van der Waals surface area (Å²) in [6.45, 7) is 0. The number of nitrogens with zero attached hydrogens (tertiary/aromatic N) is 3. The van der Waals surface area contributed by atoms with Crippen molar-refractivity contribution in [1.29, 1.82) is 0 Å². The van der Waals surface area contributed by atoms with Crippen LogP contribution in [0.3, 0.4) is 0 Å². The molecule has 2 aromatic rings. The summed E-state index contributed by atoms with van der Waals surface area (Å²) in [5.74, 6) is 0.986. The number of rotatable bonds is 3. The van der Waals surface area contributed by atoms with Crippen molar-refractivity contribution in [2.45, 2.75) is 44.2 Å². The summed E-state index contributed by atoms with van der Waals surface area (Å²) in [6.07, 6.45) is 9.34. The van der Waals surface area contributed by atoms with Crippen LogP contribution in [0, 0.1) is 11.8 Å². The van der Waals surface area contributed by atoms with Gasteiger partial charge in [0.25, 0.3) is 5.91 Å². The molecule has 0 spiro atoms. The fourth-order valence-corrected chi connectivity index (χ4v) is 5.07. The van der Waals surface area contributed by atoms with Crippen molar-refractivity contribution in [2.75, 3.05) is 0 Å². The lowest BCUT2D eigenvalue weighted by atomic mass is 9.67. The highest BCUT2D eigenvalue weighted by Crippen LogP contribution is 2.39. The molecule has 6 nitrogen and oxygen atoms in total. The van der Waals surface area contributed by atoms with Gasteiger partial charge in [-0.25, -0.2) is 4.98 Å². The van der Waals surface area contributed by atoms with Crippen molar-refractivity contribution in [2.24, 2.45) is 24.6 Å². The number of nitrogens with two attached hydrogens (primary N) is 1. The highest BCUT2D eigenvalue weighted by atomic mass is 35.5. The molecular weight excluding hydrogens is 358 g/mol. The van der Waals surface area contributed by atoms with Crippen molar-refractivity contribution in [3.05, 3.63) is 23.5 Å². The Morgan fingerprint density at radius 1 is 1.36 bits per heavy atom. The molecule has 25 heavy (non-hydrogen) atoms. The Kier molecular flexibility index (Phi) is 5.46. The molecule has 0 saturated heterocycles. The lowest BCUT2D eigenvalue weighted by Gasteiger charge is -2.45. The van der Waals surface area contributed by atoms with Gasteiger partial charge in [0, 0.05) is 36.3 Å². The van der Waals surface area contributed by atoms with Crippen molar-refractivity contribution in [1.82, 2.24) is 20.1 Å². The molecule has 2 aliphatic rings. The molecule has 0 radical (unpaired) electrons. The first kappa shape index (κ1) is 18.4. The number of aromatic nitrogens is 3. The summed E-state index contributed by atoms with van der Waals surface area (Å²) in [6, 6.07) is 0.555. The molecule has 2 atom stereocenters. The van der Waals surface area contributed by atoms with Gasteiger partial charge in [0.1, 0.15) is 10.7 Å². The van der Waals surface area contributed by atoms with E-state index in [0.717, 1.165) is 23.4 Å². The Morgan fingerprint density at radius 3 is 2.72 bits per heavy atom. The van der Waals surface area contributed by atoms with Crippen LogP contribution in [0.15, 0.2) is 17.8 Å². The number of hydrogen-bond donors (Lipinski definition) is 2. The van der Waals surface area contributed by atoms with E-state index in [2.05, 4.69) is 15.4 Å². The number of halogens is 1. The van der Waals surface area contributed by atoms with E-state index in [9.17, 15) is 4.79 Å². The molecule has 136 valence electrons. The van der Waals surface area contributed by atoms with Gasteiger partial charge in [-0.05, 0) is 37.5 Å². The Labute approximate surface area is 157 Å². The molecule has 2 saturated carbocycles. The average molecular weight is 382 g/mol. The Bertz CT molecular complexity index is 731. The van der Waals surface area contributed by atoms with Crippen LogP contribution in [0.1, 0.15) is 42.6 Å². The summed E-state index contributed by atoms with van der Waals surface area (Å²) in [5.41, 5.74) is 7.62. The molecule has 0 aromatic carbocycles. The SMILES string of the molecule is Cl.Cn1cc(-c2nc(C(=O)NC3C4CCCC3CC(N)C4)cs2)cn1. The van der Waals surface area contributed by atoms with Crippen LogP contribution < -0.4 is 11.1 Å². The second-order valence-electron chi connectivity index (χ2n) is 7.12. The highest BCUT2D eigenvalue weighted by molar-refractivity contribution is 7.13. The maximum atomic E-state index is 12.7. The minimum Gasteiger partial charge on any atom is -0.347 e. The number of thiazole rings is 1. The summed E-state index contributed by atoms with van der Waals surface area (Å²) in [7, 11) is 1.87. The predicted octanol–water partition coefficient (Wildman–Crippen LogP) is 2.60. The van der Waals surface area contributed by atoms with E-state index < -0.39 is 0 Å². The predicted molar refractivity (Wildman–Crippen MR) is 101 cm³/mol. The number of nitrogens with one attached hydrogen (secondary N) is 1. The summed E-state index contributed by atoms with van der Waals surface area (Å²) < 4.78 is 1.74. The highest BCUT2D eigenvalue weighted by Gasteiger charge is 2.40. The average Bonchev–Trinajstić information content (AvgIpc) is 3.17. The Hall–Kier alpha value is -1.44. The van der Waals surface area contributed by atoms with Gasteiger partial charge in [-0.1, -0.05) is 6.42 Å². The largest absolute Gasteiger partial charge is 0.347 e. The van der Waals surface area contributed by atoms with E-state index in [-0.39, 0.29) is 24.4 Å². The van der Waals surface area contributed by atoms with Crippen molar-refractivity contribution < 1.29 is 4.79 Å². The zero-order valence-electron chi connectivity index (χ0n) is 14.2. The van der Waals surface area contributed by atoms with E-state index in [0.29, 0.717) is 23.6 Å². The molecule has 4 rings (SSSR count). The van der Waals surface area contributed by atoms with Crippen molar-refractivity contribution >= 4 is 29.7 Å². The molecule has 2 aliphatic carbocycles. The molecule has 2 aromatic heterocycles. The van der Waals surface area contributed by atoms with E-state index in [4.69, 9.17) is 5.73 Å². The van der Waals surface area contributed by atoms with Crippen LogP contribution in [-0.2, 0) is 7.05 Å². The van der Waals surface area contributed by atoms with Crippen molar-refractivity contribution in [3.8, 4) is 10.6 Å². The Balaban J connectivity index is 0.00000182. The monoisotopic (exact) mass is 381 g/mol. The number of amides is 1. The first-order valence-electron chi connectivity index (χ1n) is 8.61. The van der Waals surface area contributed by atoms with Gasteiger partial charge in [-0.3, -0.25) is 9.48 Å². The second-order valence-corrected chi connectivity index (χ2v) is 7.98. The maximum absolute atomic E-state index is 12.7. The van der Waals surface area contributed by atoms with Crippen LogP contribution in [0.5, 0.6) is 0 Å². The lowest BCUT2D eigenvalue weighted by Crippen LogP contribution is -2.53. The fourth-order valence-electron chi connectivity index (χ4n) is 4.29. The van der Waals surface area contributed by atoms with Crippen LogP contribution in [-0.4, -0.2) is 32.8 Å². The van der Waals surface area contributed by atoms with E-state index in [1.807, 2.05) is 18.6 Å². The first-order chi connectivity index (χ1) is 11.6. The number of aryl methyl sites for hydroxylation is 1. The third-order valence-electron chi connectivity index (χ3n) is 5.36. The summed E-state index contributed by atoms with van der Waals surface area (Å²) >= 11 is 1.48. The first-order valence-corrected chi connectivity index (χ1v) is 9.49. The quantitative estimate of drug-likeness (QED) is 0.855. The van der Waals surface area contributed by atoms with E-state index in [1.165, 1.54) is 30.6 Å². The standard InChI is InChI=1S/C17H23N5OS.ClH/c1-22-8-12(7-19-22)17-20-14(9-24-17)16(23)21-15-10-3-2-4-11(15)6-13(18)5-10;/h7-11,13,15H,2-6,18H2,1H3,(H,21,23);1H. The molecule has 8 heteroatoms. The van der Waals surface area contributed by atoms with Crippen molar-refractivity contribution in [3.63, 3.8) is 0 Å². The molecule has 3 N–H and O–H groups in total. The summed E-state index contributed by atoms with van der Waals surface area (Å²) in [5, 5.41) is 10.1. The molecule has 2 fully saturated rings. The lowest BCUT2D eigenvalue weighted by molar-refractivity contribution is 0.0752. The Morgan fingerprint density at radius 2 is 2.08 bits per heavy atom. The van der Waals surface area contributed by atoms with Gasteiger partial charge in [0.05, 0.1) is 6.20 Å². The minimum atomic E-state index is -0.0567. The normalized spacial score (nSPS) is 28.2. The molecule has 2 unspecified atom stereocenters. The molecule has 2 heterocycles. The van der Waals surface area contributed by atoms with Gasteiger partial charge in [-0.2, -0.15) is 5.10 Å². The smallest absolute Gasteiger partial charge is 0.271 e. The van der Waals surface area contributed by atoms with E-state index >= 15 is 0 Å². The van der Waals surface area contributed by atoms with Crippen LogP contribution in [0.25, 0.3) is 10.6 Å². The zero-order valence-corrected chi connectivity index (χ0v) is 15.9.